The van der Waals surface area contributed by atoms with Crippen LogP contribution in [0.25, 0.3) is 23.2 Å². The Bertz CT molecular complexity index is 1890. The van der Waals surface area contributed by atoms with Crippen LogP contribution in [0.15, 0.2) is 111 Å². The molecule has 4 aromatic rings. The summed E-state index contributed by atoms with van der Waals surface area (Å²) in [5.41, 5.74) is 2.45. The summed E-state index contributed by atoms with van der Waals surface area (Å²) in [5.74, 6) is -1.50. The lowest BCUT2D eigenvalue weighted by atomic mass is 9.90. The van der Waals surface area contributed by atoms with Crippen LogP contribution in [0.4, 0.5) is 0 Å². The number of benzene rings is 3. The van der Waals surface area contributed by atoms with Crippen LogP contribution in [-0.2, 0) is 19.7 Å². The lowest BCUT2D eigenvalue weighted by Gasteiger charge is -2.18. The van der Waals surface area contributed by atoms with Gasteiger partial charge in [-0.25, -0.2) is 13.1 Å². The van der Waals surface area contributed by atoms with Crippen LogP contribution in [0, 0.1) is 0 Å². The van der Waals surface area contributed by atoms with Crippen molar-refractivity contribution in [3.05, 3.63) is 128 Å². The second-order valence-electron chi connectivity index (χ2n) is 9.28. The molecule has 1 aliphatic rings. The van der Waals surface area contributed by atoms with Gasteiger partial charge >= 0.3 is 0 Å². The monoisotopic (exact) mass is 597 g/mol. The molecule has 1 N–H and O–H groups in total. The van der Waals surface area contributed by atoms with E-state index in [-0.39, 0.29) is 17.3 Å². The standard InChI is InChI=1S/C32H27N3O7S/c1-5-21-9-13-24(14-10-21)43(38,39)33-31(36)30(22-12-16-28-29(18-22)41-20-40-28)26-19-34(6-2)27-17-23(11-15-25(26)27)32(37)35(7-3)42-8-4/h5-19,30H,1-4,20H2,(H,33,36). The van der Waals surface area contributed by atoms with Crippen LogP contribution in [0.3, 0.4) is 0 Å². The molecule has 0 spiro atoms. The molecule has 0 aliphatic carbocycles. The molecular weight excluding hydrogens is 570 g/mol. The molecule has 2 heterocycles. The quantitative estimate of drug-likeness (QED) is 0.182. The molecule has 1 aliphatic heterocycles. The highest BCUT2D eigenvalue weighted by Gasteiger charge is 2.32. The molecule has 3 aromatic carbocycles. The summed E-state index contributed by atoms with van der Waals surface area (Å²) in [7, 11) is -4.24. The summed E-state index contributed by atoms with van der Waals surface area (Å²) >= 11 is 0. The number of amides is 2. The van der Waals surface area contributed by atoms with E-state index in [0.717, 1.165) is 16.9 Å². The topological polar surface area (TPSA) is 116 Å². The minimum Gasteiger partial charge on any atom is -0.454 e. The first-order valence-corrected chi connectivity index (χ1v) is 14.4. The summed E-state index contributed by atoms with van der Waals surface area (Å²) in [4.78, 5) is 32.0. The number of nitrogens with zero attached hydrogens (tertiary/aromatic N) is 2. The number of rotatable bonds is 11. The van der Waals surface area contributed by atoms with Crippen molar-refractivity contribution in [2.75, 3.05) is 6.79 Å². The third-order valence-corrected chi connectivity index (χ3v) is 8.19. The Hall–Kier alpha value is -5.55. The molecule has 2 amide bonds. The molecule has 0 fully saturated rings. The smallest absolute Gasteiger partial charge is 0.290 e. The molecule has 43 heavy (non-hydrogen) atoms. The van der Waals surface area contributed by atoms with Gasteiger partial charge in [-0.3, -0.25) is 9.59 Å². The molecule has 5 rings (SSSR count). The maximum Gasteiger partial charge on any atom is 0.290 e. The fourth-order valence-corrected chi connectivity index (χ4v) is 5.77. The first kappa shape index (κ1) is 29.0. The van der Waals surface area contributed by atoms with Crippen LogP contribution in [-0.4, -0.2) is 36.7 Å². The van der Waals surface area contributed by atoms with E-state index in [1.165, 1.54) is 24.5 Å². The van der Waals surface area contributed by atoms with Gasteiger partial charge in [0.1, 0.15) is 6.26 Å². The van der Waals surface area contributed by atoms with Crippen LogP contribution in [0.1, 0.15) is 33.0 Å². The number of nitrogens with one attached hydrogen (secondary N) is 1. The Morgan fingerprint density at radius 1 is 0.977 bits per heavy atom. The highest BCUT2D eigenvalue weighted by Crippen LogP contribution is 2.39. The molecular formula is C32H27N3O7S. The Kier molecular flexibility index (Phi) is 7.91. The second-order valence-corrected chi connectivity index (χ2v) is 11.0. The number of fused-ring (bicyclic) bond motifs is 2. The van der Waals surface area contributed by atoms with Gasteiger partial charge in [-0.15, -0.1) is 5.06 Å². The predicted octanol–water partition coefficient (Wildman–Crippen LogP) is 5.41. The van der Waals surface area contributed by atoms with Crippen molar-refractivity contribution >= 4 is 45.0 Å². The van der Waals surface area contributed by atoms with Crippen LogP contribution in [0.2, 0.25) is 0 Å². The zero-order valence-electron chi connectivity index (χ0n) is 22.9. The average molecular weight is 598 g/mol. The Morgan fingerprint density at radius 3 is 2.40 bits per heavy atom. The van der Waals surface area contributed by atoms with E-state index in [1.54, 1.807) is 65.4 Å². The predicted molar refractivity (Wildman–Crippen MR) is 162 cm³/mol. The van der Waals surface area contributed by atoms with E-state index in [0.29, 0.717) is 33.5 Å². The Morgan fingerprint density at radius 2 is 1.72 bits per heavy atom. The molecule has 1 atom stereocenters. The normalized spacial score (nSPS) is 12.7. The van der Waals surface area contributed by atoms with Gasteiger partial charge in [0.2, 0.25) is 12.7 Å². The number of sulfonamides is 1. The van der Waals surface area contributed by atoms with E-state index in [4.69, 9.17) is 14.3 Å². The van der Waals surface area contributed by atoms with Crippen LogP contribution >= 0.6 is 0 Å². The van der Waals surface area contributed by atoms with Crippen molar-refractivity contribution in [2.24, 2.45) is 0 Å². The summed E-state index contributed by atoms with van der Waals surface area (Å²) in [6, 6.07) is 15.8. The van der Waals surface area contributed by atoms with Crippen molar-refractivity contribution in [2.45, 2.75) is 10.8 Å². The van der Waals surface area contributed by atoms with Gasteiger partial charge in [-0.1, -0.05) is 56.7 Å². The molecule has 0 saturated carbocycles. The summed E-state index contributed by atoms with van der Waals surface area (Å²) in [6.07, 6.45) is 7.06. The van der Waals surface area contributed by atoms with Crippen molar-refractivity contribution in [3.63, 3.8) is 0 Å². The van der Waals surface area contributed by atoms with Gasteiger partial charge in [0, 0.05) is 29.5 Å². The number of hydroxylamine groups is 2. The lowest BCUT2D eigenvalue weighted by molar-refractivity contribution is -0.119. The van der Waals surface area contributed by atoms with E-state index in [1.807, 2.05) is 0 Å². The Balaban J connectivity index is 1.62. The zero-order valence-corrected chi connectivity index (χ0v) is 23.8. The molecule has 218 valence electrons. The minimum absolute atomic E-state index is 0.0224. The lowest BCUT2D eigenvalue weighted by Crippen LogP contribution is -2.35. The number of hydrogen-bond acceptors (Lipinski definition) is 7. The van der Waals surface area contributed by atoms with Crippen molar-refractivity contribution in [3.8, 4) is 11.5 Å². The van der Waals surface area contributed by atoms with Gasteiger partial charge in [-0.2, -0.15) is 0 Å². The highest BCUT2D eigenvalue weighted by atomic mass is 32.2. The van der Waals surface area contributed by atoms with E-state index in [2.05, 4.69) is 31.0 Å². The number of carbonyl (C=O) groups excluding carboxylic acids is 2. The van der Waals surface area contributed by atoms with Crippen LogP contribution in [0.5, 0.6) is 11.5 Å². The average Bonchev–Trinajstić information content (AvgIpc) is 3.63. The number of hydrogen-bond donors (Lipinski definition) is 1. The molecule has 1 unspecified atom stereocenters. The fraction of sp³-hybridized carbons (Fsp3) is 0.0625. The molecule has 1 aromatic heterocycles. The van der Waals surface area contributed by atoms with Gasteiger partial charge in [-0.05, 0) is 53.1 Å². The van der Waals surface area contributed by atoms with E-state index >= 15 is 0 Å². The van der Waals surface area contributed by atoms with Gasteiger partial charge in [0.15, 0.2) is 11.5 Å². The number of ether oxygens (including phenoxy) is 2. The summed E-state index contributed by atoms with van der Waals surface area (Å²) in [6.45, 7) is 14.6. The number of carbonyl (C=O) groups is 2. The van der Waals surface area contributed by atoms with Crippen molar-refractivity contribution < 1.29 is 32.3 Å². The van der Waals surface area contributed by atoms with E-state index < -0.39 is 27.8 Å². The maximum absolute atomic E-state index is 14.0. The first-order valence-electron chi connectivity index (χ1n) is 12.9. The largest absolute Gasteiger partial charge is 0.454 e. The first-order chi connectivity index (χ1) is 20.7. The van der Waals surface area contributed by atoms with Crippen molar-refractivity contribution in [1.29, 1.82) is 0 Å². The summed E-state index contributed by atoms with van der Waals surface area (Å²) < 4.78 is 41.4. The van der Waals surface area contributed by atoms with Gasteiger partial charge in [0.25, 0.3) is 15.9 Å². The SMILES string of the molecule is C=CON(C=C)C(=O)c1ccc2c(C(C(=O)NS(=O)(=O)c3ccc(C=C)cc3)c3ccc4c(c3)OCO4)cn(C=C)c2c1. The fourth-order valence-electron chi connectivity index (χ4n) is 4.77. The summed E-state index contributed by atoms with van der Waals surface area (Å²) in [5, 5.41) is 1.50. The third-order valence-electron chi connectivity index (χ3n) is 6.83. The second kappa shape index (κ2) is 11.7. The molecule has 0 saturated heterocycles. The third kappa shape index (κ3) is 5.53. The Labute approximate surface area is 248 Å². The number of aromatic nitrogens is 1. The molecule has 11 heteroatoms. The minimum atomic E-state index is -4.24. The van der Waals surface area contributed by atoms with Crippen molar-refractivity contribution in [1.82, 2.24) is 14.4 Å². The van der Waals surface area contributed by atoms with E-state index in [9.17, 15) is 18.0 Å². The highest BCUT2D eigenvalue weighted by molar-refractivity contribution is 7.90. The van der Waals surface area contributed by atoms with Gasteiger partial charge in [0.05, 0.1) is 16.3 Å². The molecule has 10 nitrogen and oxygen atoms in total. The molecule has 0 bridgehead atoms. The zero-order chi connectivity index (χ0) is 30.7. The van der Waals surface area contributed by atoms with Gasteiger partial charge < -0.3 is 18.9 Å². The van der Waals surface area contributed by atoms with Crippen LogP contribution < -0.4 is 14.2 Å². The maximum atomic E-state index is 14.0. The molecule has 0 radical (unpaired) electrons.